The van der Waals surface area contributed by atoms with Crippen molar-refractivity contribution < 1.29 is 27.1 Å². The third-order valence-electron chi connectivity index (χ3n) is 7.69. The molecule has 0 aliphatic rings. The zero-order valence-corrected chi connectivity index (χ0v) is 28.2. The number of ether oxygens (including phenoxy) is 1. The van der Waals surface area contributed by atoms with Gasteiger partial charge < -0.3 is 15.0 Å². The van der Waals surface area contributed by atoms with Crippen molar-refractivity contribution >= 4 is 39.1 Å². The Labute approximate surface area is 281 Å². The maximum absolute atomic E-state index is 14.5. The second-order valence-electron chi connectivity index (χ2n) is 11.0. The Hall–Kier alpha value is -4.41. The van der Waals surface area contributed by atoms with Crippen LogP contribution >= 0.6 is 11.6 Å². The molecule has 0 heterocycles. The van der Waals surface area contributed by atoms with Crippen molar-refractivity contribution in [3.63, 3.8) is 0 Å². The summed E-state index contributed by atoms with van der Waals surface area (Å²) in [7, 11) is -4.35. The summed E-state index contributed by atoms with van der Waals surface area (Å²) in [5.74, 6) is -1.11. The Kier molecular flexibility index (Phi) is 12.4. The molecule has 2 amide bonds. The van der Waals surface area contributed by atoms with Gasteiger partial charge in [0.25, 0.3) is 10.0 Å². The molecule has 0 saturated heterocycles. The number of nitrogens with one attached hydrogen (secondary N) is 1. The third-order valence-corrected chi connectivity index (χ3v) is 9.84. The molecule has 0 aliphatic carbocycles. The van der Waals surface area contributed by atoms with Gasteiger partial charge in [0.15, 0.2) is 0 Å². The van der Waals surface area contributed by atoms with Crippen LogP contribution in [-0.2, 0) is 32.6 Å². The maximum Gasteiger partial charge on any atom is 0.264 e. The van der Waals surface area contributed by atoms with Crippen LogP contribution in [0.2, 0.25) is 5.02 Å². The number of carbonyl (C=O) groups excluding carboxylic acids is 2. The lowest BCUT2D eigenvalue weighted by atomic mass is 10.0. The molecule has 0 spiro atoms. The van der Waals surface area contributed by atoms with Crippen LogP contribution in [0.3, 0.4) is 0 Å². The number of sulfonamides is 1. The molecular formula is C36H39ClFN3O5S. The smallest absolute Gasteiger partial charge is 0.264 e. The van der Waals surface area contributed by atoms with Gasteiger partial charge >= 0.3 is 0 Å². The van der Waals surface area contributed by atoms with Crippen LogP contribution < -0.4 is 14.4 Å². The van der Waals surface area contributed by atoms with Crippen LogP contribution in [0.15, 0.2) is 108 Å². The molecule has 4 rings (SSSR count). The zero-order valence-electron chi connectivity index (χ0n) is 26.6. The summed E-state index contributed by atoms with van der Waals surface area (Å²) in [6.45, 7) is 5.29. The highest BCUT2D eigenvalue weighted by Gasteiger charge is 2.35. The molecule has 2 atom stereocenters. The van der Waals surface area contributed by atoms with Crippen molar-refractivity contribution in [2.24, 2.45) is 0 Å². The van der Waals surface area contributed by atoms with Crippen molar-refractivity contribution in [1.82, 2.24) is 10.2 Å². The van der Waals surface area contributed by atoms with Crippen LogP contribution in [0.5, 0.6) is 5.75 Å². The largest absolute Gasteiger partial charge is 0.494 e. The Morgan fingerprint density at radius 1 is 0.894 bits per heavy atom. The minimum absolute atomic E-state index is 0.0652. The van der Waals surface area contributed by atoms with E-state index < -0.39 is 34.3 Å². The van der Waals surface area contributed by atoms with Gasteiger partial charge in [-0.2, -0.15) is 0 Å². The van der Waals surface area contributed by atoms with E-state index in [1.807, 2.05) is 51.1 Å². The lowest BCUT2D eigenvalue weighted by Crippen LogP contribution is -2.54. The van der Waals surface area contributed by atoms with Gasteiger partial charge in [0.1, 0.15) is 24.2 Å². The summed E-state index contributed by atoms with van der Waals surface area (Å²) in [5, 5.41) is 3.39. The summed E-state index contributed by atoms with van der Waals surface area (Å²) in [4.78, 5) is 29.7. The van der Waals surface area contributed by atoms with Crippen LogP contribution in [0.4, 0.5) is 10.1 Å². The normalized spacial score (nSPS) is 12.5. The fraction of sp³-hybridized carbons (Fsp3) is 0.278. The number of carbonyl (C=O) groups is 2. The van der Waals surface area contributed by atoms with E-state index in [9.17, 15) is 22.4 Å². The number of nitrogens with zero attached hydrogens (tertiary/aromatic N) is 2. The number of amides is 2. The standard InChI is InChI=1S/C36H39ClFN3O5S/c1-4-26(3)39-36(43)34(23-27-11-7-6-8-12-27)40(24-28-13-9-10-14-33(28)37)35(42)25-41(30-17-15-29(38)16-18-30)47(44,45)32-21-19-31(20-22-32)46-5-2/h6-22,26,34H,4-5,23-25H2,1-3H3,(H,39,43). The van der Waals surface area contributed by atoms with Crippen molar-refractivity contribution in [3.8, 4) is 5.75 Å². The Balaban J connectivity index is 1.80. The van der Waals surface area contributed by atoms with E-state index in [1.54, 1.807) is 24.3 Å². The van der Waals surface area contributed by atoms with Gasteiger partial charge in [-0.3, -0.25) is 13.9 Å². The molecule has 11 heteroatoms. The summed E-state index contributed by atoms with van der Waals surface area (Å²) in [6, 6.07) is 25.7. The van der Waals surface area contributed by atoms with E-state index >= 15 is 0 Å². The van der Waals surface area contributed by atoms with Gasteiger partial charge in [-0.05, 0) is 86.0 Å². The first-order chi connectivity index (χ1) is 22.5. The van der Waals surface area contributed by atoms with Crippen LogP contribution in [0.25, 0.3) is 0 Å². The molecule has 2 unspecified atom stereocenters. The molecule has 0 bridgehead atoms. The first-order valence-electron chi connectivity index (χ1n) is 15.4. The van der Waals surface area contributed by atoms with Crippen molar-refractivity contribution in [3.05, 3.63) is 125 Å². The average Bonchev–Trinajstić information content (AvgIpc) is 3.07. The number of rotatable bonds is 15. The Bertz CT molecular complexity index is 1740. The quantitative estimate of drug-likeness (QED) is 0.152. The lowest BCUT2D eigenvalue weighted by Gasteiger charge is -2.34. The lowest BCUT2D eigenvalue weighted by molar-refractivity contribution is -0.140. The molecular weight excluding hydrogens is 641 g/mol. The van der Waals surface area contributed by atoms with Gasteiger partial charge in [-0.25, -0.2) is 12.8 Å². The molecule has 1 N–H and O–H groups in total. The average molecular weight is 680 g/mol. The van der Waals surface area contributed by atoms with E-state index in [0.29, 0.717) is 29.4 Å². The van der Waals surface area contributed by atoms with Gasteiger partial charge in [0.2, 0.25) is 11.8 Å². The molecule has 0 fully saturated rings. The fourth-order valence-electron chi connectivity index (χ4n) is 4.94. The van der Waals surface area contributed by atoms with Crippen molar-refractivity contribution in [2.75, 3.05) is 17.5 Å². The summed E-state index contributed by atoms with van der Waals surface area (Å²) in [6.07, 6.45) is 0.836. The Morgan fingerprint density at radius 3 is 2.15 bits per heavy atom. The van der Waals surface area contributed by atoms with E-state index in [2.05, 4.69) is 5.32 Å². The van der Waals surface area contributed by atoms with Gasteiger partial charge in [-0.15, -0.1) is 0 Å². The van der Waals surface area contributed by atoms with Gasteiger partial charge in [0, 0.05) is 24.0 Å². The summed E-state index contributed by atoms with van der Waals surface area (Å²) < 4.78 is 48.7. The number of anilines is 1. The predicted octanol–water partition coefficient (Wildman–Crippen LogP) is 6.63. The van der Waals surface area contributed by atoms with Crippen molar-refractivity contribution in [2.45, 2.75) is 57.1 Å². The fourth-order valence-corrected chi connectivity index (χ4v) is 6.55. The third kappa shape index (κ3) is 9.33. The molecule has 4 aromatic rings. The first-order valence-corrected chi connectivity index (χ1v) is 17.2. The molecule has 0 radical (unpaired) electrons. The van der Waals surface area contributed by atoms with Gasteiger partial charge in [0.05, 0.1) is 17.2 Å². The highest BCUT2D eigenvalue weighted by atomic mass is 35.5. The molecule has 0 saturated carbocycles. The predicted molar refractivity (Wildman–Crippen MR) is 182 cm³/mol. The number of benzene rings is 4. The second-order valence-corrected chi connectivity index (χ2v) is 13.3. The monoisotopic (exact) mass is 679 g/mol. The molecule has 47 heavy (non-hydrogen) atoms. The molecule has 248 valence electrons. The van der Waals surface area contributed by atoms with Gasteiger partial charge in [-0.1, -0.05) is 67.1 Å². The highest BCUT2D eigenvalue weighted by molar-refractivity contribution is 7.92. The number of halogens is 2. The molecule has 8 nitrogen and oxygen atoms in total. The topological polar surface area (TPSA) is 96.0 Å². The number of hydrogen-bond donors (Lipinski definition) is 1. The number of hydrogen-bond acceptors (Lipinski definition) is 5. The highest BCUT2D eigenvalue weighted by Crippen LogP contribution is 2.27. The first kappa shape index (κ1) is 35.4. The van der Waals surface area contributed by atoms with E-state index in [4.69, 9.17) is 16.3 Å². The molecule has 0 aromatic heterocycles. The zero-order chi connectivity index (χ0) is 34.0. The van der Waals surface area contributed by atoms with Crippen molar-refractivity contribution in [1.29, 1.82) is 0 Å². The van der Waals surface area contributed by atoms with E-state index in [1.165, 1.54) is 41.3 Å². The second kappa shape index (κ2) is 16.4. The van der Waals surface area contributed by atoms with E-state index in [-0.39, 0.29) is 35.5 Å². The summed E-state index contributed by atoms with van der Waals surface area (Å²) >= 11 is 6.54. The summed E-state index contributed by atoms with van der Waals surface area (Å²) in [5.41, 5.74) is 1.47. The maximum atomic E-state index is 14.5. The van der Waals surface area contributed by atoms with Crippen LogP contribution in [0, 0.1) is 5.82 Å². The van der Waals surface area contributed by atoms with Crippen LogP contribution in [0.1, 0.15) is 38.3 Å². The minimum Gasteiger partial charge on any atom is -0.494 e. The SMILES string of the molecule is CCOc1ccc(S(=O)(=O)N(CC(=O)N(Cc2ccccc2Cl)C(Cc2ccccc2)C(=O)NC(C)CC)c2ccc(F)cc2)cc1. The Morgan fingerprint density at radius 2 is 1.53 bits per heavy atom. The molecule has 4 aromatic carbocycles. The van der Waals surface area contributed by atoms with Crippen LogP contribution in [-0.4, -0.2) is 50.4 Å². The van der Waals surface area contributed by atoms with E-state index in [0.717, 1.165) is 22.0 Å². The molecule has 0 aliphatic heterocycles. The minimum atomic E-state index is -4.35.